The Kier molecular flexibility index (Phi) is 6.89. The van der Waals surface area contributed by atoms with E-state index in [4.69, 9.17) is 46.2 Å². The molecule has 2 aliphatic rings. The van der Waals surface area contributed by atoms with Crippen molar-refractivity contribution in [2.24, 2.45) is 0 Å². The second-order valence-corrected chi connectivity index (χ2v) is 12.3. The second kappa shape index (κ2) is 10.9. The van der Waals surface area contributed by atoms with Crippen molar-refractivity contribution in [1.82, 2.24) is 39.9 Å². The molecule has 0 saturated heterocycles. The molecule has 5 heterocycles. The molecule has 0 fully saturated rings. The van der Waals surface area contributed by atoms with E-state index >= 15 is 0 Å². The predicted molar refractivity (Wildman–Crippen MR) is 171 cm³/mol. The molecule has 7 aromatic rings. The number of hydrogen-bond donors (Lipinski definition) is 2. The van der Waals surface area contributed by atoms with E-state index in [1.54, 1.807) is 12.1 Å². The molecule has 2 aliphatic heterocycles. The summed E-state index contributed by atoms with van der Waals surface area (Å²) in [4.78, 5) is 35.8. The average Bonchev–Trinajstić information content (AvgIpc) is 3.80. The number of rotatable bonds is 2. The summed E-state index contributed by atoms with van der Waals surface area (Å²) in [6, 6.07) is 27.9. The van der Waals surface area contributed by atoms with Gasteiger partial charge in [-0.15, -0.1) is 0 Å². The summed E-state index contributed by atoms with van der Waals surface area (Å²) < 4.78 is 30.5. The summed E-state index contributed by atoms with van der Waals surface area (Å²) in [5, 5.41) is 2.48. The number of nitrogens with one attached hydrogen (secondary N) is 2. The molecule has 0 radical (unpaired) electrons. The van der Waals surface area contributed by atoms with Crippen LogP contribution in [0.2, 0.25) is 0 Å². The van der Waals surface area contributed by atoms with Gasteiger partial charge in [-0.25, -0.2) is 0 Å². The molecule has 222 valence electrons. The number of aromatic amines is 2. The van der Waals surface area contributed by atoms with Gasteiger partial charge in [0.2, 0.25) is 0 Å². The third-order valence-electron chi connectivity index (χ3n) is 7.88. The Morgan fingerprint density at radius 2 is 0.891 bits per heavy atom. The van der Waals surface area contributed by atoms with Crippen molar-refractivity contribution in [1.29, 1.82) is 0 Å². The van der Waals surface area contributed by atoms with Gasteiger partial charge in [-0.2, -0.15) is 0 Å². The van der Waals surface area contributed by atoms with Crippen LogP contribution in [0.1, 0.15) is 0 Å². The van der Waals surface area contributed by atoms with Crippen LogP contribution in [0.25, 0.3) is 89.7 Å². The monoisotopic (exact) mass is 680 g/mol. The summed E-state index contributed by atoms with van der Waals surface area (Å²) in [7, 11) is -4.31. The Bertz CT molecular complexity index is 2690. The van der Waals surface area contributed by atoms with Gasteiger partial charge in [0.15, 0.2) is 0 Å². The van der Waals surface area contributed by atoms with Crippen LogP contribution in [0.15, 0.2) is 95.9 Å². The SMILES string of the molecule is O=S(=O)([O][Cu])c1cccc2c3nc4nc(nc5[nH]c(nc6nc(nc([nH]3)c12)-c1ccccc1-6)c1ccccc51)-c1ccccc1-4.[NaH]. The fourth-order valence-corrected chi connectivity index (χ4v) is 6.90. The maximum atomic E-state index is 13.0. The summed E-state index contributed by atoms with van der Waals surface area (Å²) >= 11 is 4.70. The minimum atomic E-state index is -4.31. The topological polar surface area (TPSA) is 152 Å². The van der Waals surface area contributed by atoms with Crippen LogP contribution < -0.4 is 0 Å². The Morgan fingerprint density at radius 3 is 1.37 bits per heavy atom. The first-order valence-corrected chi connectivity index (χ1v) is 15.5. The number of benzene rings is 4. The van der Waals surface area contributed by atoms with Gasteiger partial charge in [0.1, 0.15) is 0 Å². The first kappa shape index (κ1) is 29.1. The van der Waals surface area contributed by atoms with E-state index in [9.17, 15) is 8.42 Å². The molecule has 0 amide bonds. The molecular formula is C32H18CuN8NaO3S. The molecule has 0 atom stereocenters. The molecule has 14 heteroatoms. The van der Waals surface area contributed by atoms with E-state index in [-0.39, 0.29) is 45.5 Å². The van der Waals surface area contributed by atoms with Gasteiger partial charge in [-0.05, 0) is 0 Å². The Hall–Kier alpha value is -4.33. The Morgan fingerprint density at radius 1 is 0.500 bits per heavy atom. The first-order chi connectivity index (χ1) is 22.0. The van der Waals surface area contributed by atoms with Crippen LogP contribution in [-0.2, 0) is 29.7 Å². The van der Waals surface area contributed by atoms with Crippen molar-refractivity contribution >= 4 is 83.8 Å². The molecule has 0 spiro atoms. The third-order valence-corrected chi connectivity index (χ3v) is 9.51. The molecule has 4 aromatic carbocycles. The van der Waals surface area contributed by atoms with Crippen molar-refractivity contribution in [3.8, 4) is 45.6 Å². The van der Waals surface area contributed by atoms with Crippen molar-refractivity contribution in [3.05, 3.63) is 91.0 Å². The molecule has 3 aromatic heterocycles. The normalized spacial score (nSPS) is 12.1. The molecule has 2 N–H and O–H groups in total. The van der Waals surface area contributed by atoms with Crippen LogP contribution in [0.3, 0.4) is 0 Å². The first-order valence-electron chi connectivity index (χ1n) is 13.7. The molecule has 0 saturated carbocycles. The molecular weight excluding hydrogens is 663 g/mol. The Balaban J connectivity index is 0.00000312. The summed E-state index contributed by atoms with van der Waals surface area (Å²) in [5.41, 5.74) is 4.80. The molecule has 0 unspecified atom stereocenters. The summed E-state index contributed by atoms with van der Waals surface area (Å²) in [5.74, 6) is 1.65. The van der Waals surface area contributed by atoms with E-state index < -0.39 is 10.1 Å². The average molecular weight is 681 g/mol. The van der Waals surface area contributed by atoms with Gasteiger partial charge in [-0.1, -0.05) is 24.3 Å². The van der Waals surface area contributed by atoms with E-state index in [1.165, 1.54) is 6.07 Å². The molecule has 46 heavy (non-hydrogen) atoms. The van der Waals surface area contributed by atoms with Crippen molar-refractivity contribution in [2.75, 3.05) is 0 Å². The number of fused-ring (bicyclic) bond motifs is 20. The van der Waals surface area contributed by atoms with Gasteiger partial charge in [0, 0.05) is 5.39 Å². The van der Waals surface area contributed by atoms with Gasteiger partial charge in [0.25, 0.3) is 0 Å². The zero-order valence-corrected chi connectivity index (χ0v) is 24.5. The second-order valence-electron chi connectivity index (χ2n) is 10.4. The number of nitrogens with zero attached hydrogens (tertiary/aromatic N) is 6. The zero-order valence-electron chi connectivity index (χ0n) is 22.8. The molecule has 8 bridgehead atoms. The molecule has 9 rings (SSSR count). The van der Waals surface area contributed by atoms with Gasteiger partial charge >= 0.3 is 263 Å². The van der Waals surface area contributed by atoms with Crippen LogP contribution in [-0.4, -0.2) is 77.8 Å². The number of hydrogen-bond acceptors (Lipinski definition) is 9. The molecule has 11 nitrogen and oxygen atoms in total. The fraction of sp³-hybridized carbons (Fsp3) is 0. The fourth-order valence-electron chi connectivity index (χ4n) is 5.89. The van der Waals surface area contributed by atoms with Crippen molar-refractivity contribution < 1.29 is 28.0 Å². The summed E-state index contributed by atoms with van der Waals surface area (Å²) in [6.07, 6.45) is 0. The van der Waals surface area contributed by atoms with Gasteiger partial charge < -0.3 is 0 Å². The van der Waals surface area contributed by atoms with Crippen LogP contribution in [0.4, 0.5) is 0 Å². The van der Waals surface area contributed by atoms with Crippen molar-refractivity contribution in [2.45, 2.75) is 4.90 Å². The van der Waals surface area contributed by atoms with Gasteiger partial charge in [0.05, 0.1) is 0 Å². The molecule has 0 aliphatic carbocycles. The minimum absolute atomic E-state index is 0. The number of aromatic nitrogens is 8. The van der Waals surface area contributed by atoms with Gasteiger partial charge in [-0.3, -0.25) is 0 Å². The standard InChI is InChI=1S/C32H18N8O3S.Cu.Na.H/c41-44(42,43)23-15-7-14-22-24(23)32-39-30-21-13-6-5-12-20(21)28(37-30)35-26-17-9-2-1-8-16(17)25(33-26)34-27-18-10-3-4-11-19(18)29(36-27)38-31(22)40-32;;;/h1-15H,(H,41,42,43)(H2,33,34,35,36,37,38,39,40);;;/q;+1;;/p-1. The quantitative estimate of drug-likeness (QED) is 0.229. The predicted octanol–water partition coefficient (Wildman–Crippen LogP) is 5.39. The summed E-state index contributed by atoms with van der Waals surface area (Å²) in [6.45, 7) is 0. The van der Waals surface area contributed by atoms with E-state index in [2.05, 4.69) is 13.2 Å². The van der Waals surface area contributed by atoms with E-state index in [0.29, 0.717) is 45.6 Å². The maximum absolute atomic E-state index is 13.0. The zero-order chi connectivity index (χ0) is 30.3. The van der Waals surface area contributed by atoms with Crippen LogP contribution in [0, 0.1) is 0 Å². The van der Waals surface area contributed by atoms with E-state index in [1.807, 2.05) is 72.8 Å². The van der Waals surface area contributed by atoms with Crippen LogP contribution >= 0.6 is 0 Å². The number of H-pyrrole nitrogens is 2. The Labute approximate surface area is 291 Å². The van der Waals surface area contributed by atoms with Crippen LogP contribution in [0.5, 0.6) is 0 Å². The third kappa shape index (κ3) is 4.43. The van der Waals surface area contributed by atoms with Crippen molar-refractivity contribution in [3.63, 3.8) is 0 Å². The van der Waals surface area contributed by atoms with E-state index in [0.717, 1.165) is 33.0 Å².